The van der Waals surface area contributed by atoms with Gasteiger partial charge in [0.2, 0.25) is 5.67 Å². The second-order valence-electron chi connectivity index (χ2n) is 11.1. The number of carbonyl (C=O) groups is 1. The van der Waals surface area contributed by atoms with E-state index in [-0.39, 0.29) is 24.5 Å². The Morgan fingerprint density at radius 1 is 0.762 bits per heavy atom. The molecule has 3 rings (SSSR count). The van der Waals surface area contributed by atoms with Crippen LogP contribution in [0.5, 0.6) is 11.5 Å². The van der Waals surface area contributed by atoms with Gasteiger partial charge in [0.05, 0.1) is 12.3 Å². The number of benzene rings is 2. The van der Waals surface area contributed by atoms with Crippen LogP contribution in [-0.4, -0.2) is 23.2 Å². The van der Waals surface area contributed by atoms with Crippen LogP contribution in [-0.2, 0) is 4.79 Å². The van der Waals surface area contributed by atoms with Gasteiger partial charge in [0, 0.05) is 17.3 Å². The van der Waals surface area contributed by atoms with Crippen LogP contribution in [0.4, 0.5) is 13.2 Å². The molecular formula is C35H44F3NO3. The van der Waals surface area contributed by atoms with Crippen molar-refractivity contribution in [3.8, 4) is 33.9 Å². The van der Waals surface area contributed by atoms with Gasteiger partial charge in [-0.05, 0) is 55.7 Å². The smallest absolute Gasteiger partial charge is 0.348 e. The van der Waals surface area contributed by atoms with Crippen LogP contribution in [0.1, 0.15) is 97.8 Å². The monoisotopic (exact) mass is 583 g/mol. The van der Waals surface area contributed by atoms with Gasteiger partial charge in [-0.3, -0.25) is 4.98 Å². The lowest BCUT2D eigenvalue weighted by Crippen LogP contribution is -2.33. The van der Waals surface area contributed by atoms with Gasteiger partial charge in [-0.25, -0.2) is 18.0 Å². The number of alkyl halides is 1. The molecule has 2 aromatic carbocycles. The van der Waals surface area contributed by atoms with E-state index >= 15 is 0 Å². The van der Waals surface area contributed by atoms with Crippen molar-refractivity contribution in [3.05, 3.63) is 66.4 Å². The first-order chi connectivity index (χ1) is 20.2. The summed E-state index contributed by atoms with van der Waals surface area (Å²) in [6.07, 6.45) is 14.8. The molecule has 0 fully saturated rings. The first-order valence-electron chi connectivity index (χ1n) is 15.3. The van der Waals surface area contributed by atoms with Crippen molar-refractivity contribution < 1.29 is 27.4 Å². The van der Waals surface area contributed by atoms with E-state index in [1.165, 1.54) is 70.4 Å². The normalized spacial score (nSPS) is 12.6. The molecular weight excluding hydrogens is 539 g/mol. The number of hydrogen-bond donors (Lipinski definition) is 0. The molecule has 1 heterocycles. The number of esters is 1. The maximum atomic E-state index is 14.7. The summed E-state index contributed by atoms with van der Waals surface area (Å²) in [5.41, 5.74) is 0.227. The Morgan fingerprint density at radius 2 is 1.31 bits per heavy atom. The van der Waals surface area contributed by atoms with E-state index < -0.39 is 23.3 Å². The van der Waals surface area contributed by atoms with Crippen LogP contribution in [0.15, 0.2) is 54.7 Å². The van der Waals surface area contributed by atoms with E-state index in [1.54, 1.807) is 49.5 Å². The summed E-state index contributed by atoms with van der Waals surface area (Å²) in [4.78, 5) is 16.3. The van der Waals surface area contributed by atoms with Crippen LogP contribution >= 0.6 is 0 Å². The van der Waals surface area contributed by atoms with Crippen LogP contribution in [0, 0.1) is 11.6 Å². The molecule has 0 unspecified atom stereocenters. The van der Waals surface area contributed by atoms with E-state index in [0.29, 0.717) is 11.3 Å². The predicted molar refractivity (Wildman–Crippen MR) is 162 cm³/mol. The Hall–Kier alpha value is -3.35. The molecule has 0 aliphatic heterocycles. The third-order valence-corrected chi connectivity index (χ3v) is 7.54. The Morgan fingerprint density at radius 3 is 1.83 bits per heavy atom. The summed E-state index contributed by atoms with van der Waals surface area (Å²) in [7, 11) is 0. The van der Waals surface area contributed by atoms with Crippen LogP contribution < -0.4 is 9.47 Å². The summed E-state index contributed by atoms with van der Waals surface area (Å²) in [5, 5.41) is 0. The summed E-state index contributed by atoms with van der Waals surface area (Å²) in [5.74, 6) is -2.56. The zero-order valence-electron chi connectivity index (χ0n) is 25.2. The summed E-state index contributed by atoms with van der Waals surface area (Å²) in [6, 6.07) is 12.5. The zero-order chi connectivity index (χ0) is 30.4. The molecule has 0 saturated carbocycles. The van der Waals surface area contributed by atoms with Crippen molar-refractivity contribution in [1.82, 2.24) is 4.98 Å². The van der Waals surface area contributed by atoms with Gasteiger partial charge in [-0.1, -0.05) is 96.3 Å². The molecule has 0 bridgehead atoms. The van der Waals surface area contributed by atoms with Gasteiger partial charge in [0.25, 0.3) is 0 Å². The summed E-state index contributed by atoms with van der Waals surface area (Å²) in [6.45, 7) is 5.27. The van der Waals surface area contributed by atoms with Gasteiger partial charge in [0.1, 0.15) is 5.75 Å². The fraction of sp³-hybridized carbons (Fsp3) is 0.486. The van der Waals surface area contributed by atoms with Crippen LogP contribution in [0.25, 0.3) is 22.4 Å². The Kier molecular flexibility index (Phi) is 13.4. The molecule has 7 heteroatoms. The van der Waals surface area contributed by atoms with E-state index in [9.17, 15) is 18.0 Å². The quantitative estimate of drug-likeness (QED) is 0.0849. The lowest BCUT2D eigenvalue weighted by molar-refractivity contribution is -0.146. The largest absolute Gasteiger partial charge is 0.488 e. The molecule has 0 saturated heterocycles. The number of ether oxygens (including phenoxy) is 2. The molecule has 228 valence electrons. The van der Waals surface area contributed by atoms with Gasteiger partial charge in [0.15, 0.2) is 17.4 Å². The second kappa shape index (κ2) is 16.9. The van der Waals surface area contributed by atoms with E-state index in [2.05, 4.69) is 11.9 Å². The molecule has 0 radical (unpaired) electrons. The van der Waals surface area contributed by atoms with Gasteiger partial charge in [-0.15, -0.1) is 0 Å². The van der Waals surface area contributed by atoms with Crippen molar-refractivity contribution in [2.75, 3.05) is 6.61 Å². The molecule has 0 N–H and O–H groups in total. The minimum absolute atomic E-state index is 0.0188. The molecule has 4 nitrogen and oxygen atoms in total. The maximum Gasteiger partial charge on any atom is 0.348 e. The fourth-order valence-electron chi connectivity index (χ4n) is 4.59. The number of rotatable bonds is 18. The van der Waals surface area contributed by atoms with E-state index in [0.717, 1.165) is 30.4 Å². The summed E-state index contributed by atoms with van der Waals surface area (Å²) < 4.78 is 54.2. The molecule has 42 heavy (non-hydrogen) atoms. The van der Waals surface area contributed by atoms with Gasteiger partial charge < -0.3 is 9.47 Å². The number of unbranched alkanes of at least 4 members (excludes halogenated alkanes) is 10. The van der Waals surface area contributed by atoms with Crippen LogP contribution in [0.2, 0.25) is 0 Å². The number of hydrogen-bond acceptors (Lipinski definition) is 4. The van der Waals surface area contributed by atoms with Crippen molar-refractivity contribution in [3.63, 3.8) is 0 Å². The highest BCUT2D eigenvalue weighted by molar-refractivity contribution is 5.81. The molecule has 0 aliphatic rings. The topological polar surface area (TPSA) is 48.4 Å². The number of halogens is 3. The molecule has 1 aromatic heterocycles. The van der Waals surface area contributed by atoms with Crippen molar-refractivity contribution in [2.24, 2.45) is 0 Å². The minimum atomic E-state index is -2.05. The fourth-order valence-corrected chi connectivity index (χ4v) is 4.59. The highest BCUT2D eigenvalue weighted by atomic mass is 19.1. The molecule has 1 atom stereocenters. The molecule has 0 spiro atoms. The number of pyridine rings is 1. The first-order valence-corrected chi connectivity index (χ1v) is 15.3. The molecule has 0 amide bonds. The number of carbonyl (C=O) groups excluding carboxylic acids is 1. The Labute approximate surface area is 248 Å². The average Bonchev–Trinajstić information content (AvgIpc) is 2.99. The Balaban J connectivity index is 1.47. The summed E-state index contributed by atoms with van der Waals surface area (Å²) >= 11 is 0. The van der Waals surface area contributed by atoms with Crippen molar-refractivity contribution >= 4 is 5.97 Å². The van der Waals surface area contributed by atoms with Crippen molar-refractivity contribution in [1.29, 1.82) is 0 Å². The lowest BCUT2D eigenvalue weighted by Gasteiger charge is -2.16. The maximum absolute atomic E-state index is 14.7. The standard InChI is InChI=1S/C35H44F3NO3/c1-4-6-7-8-9-10-11-12-13-14-15-22-41-33-30(36)23-28(24-31(33)37)32-21-18-27(25-39-32)26-16-19-29(20-17-26)42-34(40)35(3,38)5-2/h16-21,23-25H,4-15,22H2,1-3H3/t35-/m0/s1. The average molecular weight is 584 g/mol. The van der Waals surface area contributed by atoms with Gasteiger partial charge in [-0.2, -0.15) is 0 Å². The first kappa shape index (κ1) is 33.2. The highest BCUT2D eigenvalue weighted by Gasteiger charge is 2.33. The van der Waals surface area contributed by atoms with Crippen LogP contribution in [0.3, 0.4) is 0 Å². The number of nitrogens with zero attached hydrogens (tertiary/aromatic N) is 1. The zero-order valence-corrected chi connectivity index (χ0v) is 25.2. The third-order valence-electron chi connectivity index (χ3n) is 7.54. The molecule has 3 aromatic rings. The Bertz CT molecular complexity index is 1220. The minimum Gasteiger partial charge on any atom is -0.488 e. The van der Waals surface area contributed by atoms with Crippen molar-refractivity contribution in [2.45, 2.75) is 103 Å². The SMILES string of the molecule is CCCCCCCCCCCCCOc1c(F)cc(-c2ccc(-c3ccc(OC(=O)[C@@](C)(F)CC)cc3)cn2)cc1F. The molecule has 0 aliphatic carbocycles. The number of aromatic nitrogens is 1. The van der Waals surface area contributed by atoms with E-state index in [4.69, 9.17) is 9.47 Å². The van der Waals surface area contributed by atoms with E-state index in [1.807, 2.05) is 0 Å². The predicted octanol–water partition coefficient (Wildman–Crippen LogP) is 10.4. The highest BCUT2D eigenvalue weighted by Crippen LogP contribution is 2.30. The van der Waals surface area contributed by atoms with Gasteiger partial charge >= 0.3 is 5.97 Å². The third kappa shape index (κ3) is 10.2. The lowest BCUT2D eigenvalue weighted by atomic mass is 10.0. The second-order valence-corrected chi connectivity index (χ2v) is 11.1.